The molecule has 3 aromatic carbocycles. The van der Waals surface area contributed by atoms with Gasteiger partial charge in [-0.15, -0.1) is 0 Å². The Morgan fingerprint density at radius 1 is 1.17 bits per heavy atom. The van der Waals surface area contributed by atoms with Crippen LogP contribution in [0.1, 0.15) is 11.7 Å². The number of para-hydroxylation sites is 3. The Hall–Kier alpha value is -4.07. The number of hydrogen-bond acceptors (Lipinski definition) is 6. The number of aromatic nitrogens is 2. The number of nitro groups is 1. The van der Waals surface area contributed by atoms with Gasteiger partial charge in [0.05, 0.1) is 34.7 Å². The van der Waals surface area contributed by atoms with Gasteiger partial charge in [0.25, 0.3) is 5.69 Å². The molecule has 2 heterocycles. The standard InChI is InChI=1S/C21H16N4O4/c1-29-19-10-13(17(25(27)28)11-18(19)26)21-22-14-7-3-2-6-12(14)20-23-15-8-4-5-9-16(15)24(20)21/h2-11,21-22,26H,1H3/t21-/m0/s1. The molecule has 1 aromatic heterocycles. The molecule has 8 nitrogen and oxygen atoms in total. The molecule has 0 radical (unpaired) electrons. The first-order valence-corrected chi connectivity index (χ1v) is 8.96. The molecule has 29 heavy (non-hydrogen) atoms. The molecule has 0 amide bonds. The molecule has 1 aliphatic heterocycles. The minimum Gasteiger partial charge on any atom is -0.504 e. The van der Waals surface area contributed by atoms with Gasteiger partial charge >= 0.3 is 0 Å². The highest BCUT2D eigenvalue weighted by atomic mass is 16.6. The van der Waals surface area contributed by atoms with E-state index in [1.165, 1.54) is 13.2 Å². The van der Waals surface area contributed by atoms with E-state index < -0.39 is 11.1 Å². The summed E-state index contributed by atoms with van der Waals surface area (Å²) in [7, 11) is 1.41. The Morgan fingerprint density at radius 2 is 1.93 bits per heavy atom. The normalized spacial score (nSPS) is 14.7. The van der Waals surface area contributed by atoms with Gasteiger partial charge in [-0.2, -0.15) is 0 Å². The van der Waals surface area contributed by atoms with Crippen molar-refractivity contribution in [3.8, 4) is 22.9 Å². The third-order valence-electron chi connectivity index (χ3n) is 5.13. The lowest BCUT2D eigenvalue weighted by Crippen LogP contribution is -2.25. The highest BCUT2D eigenvalue weighted by Gasteiger charge is 2.33. The van der Waals surface area contributed by atoms with Crippen LogP contribution in [0.2, 0.25) is 0 Å². The number of ether oxygens (including phenoxy) is 1. The number of rotatable bonds is 3. The third kappa shape index (κ3) is 2.49. The van der Waals surface area contributed by atoms with E-state index in [1.54, 1.807) is 0 Å². The number of nitro benzene ring substituents is 1. The van der Waals surface area contributed by atoms with Crippen LogP contribution in [-0.2, 0) is 0 Å². The van der Waals surface area contributed by atoms with Crippen molar-refractivity contribution in [2.45, 2.75) is 6.17 Å². The summed E-state index contributed by atoms with van der Waals surface area (Å²) in [6.45, 7) is 0. The zero-order valence-electron chi connectivity index (χ0n) is 15.4. The van der Waals surface area contributed by atoms with Gasteiger partial charge in [0.2, 0.25) is 0 Å². The molecule has 4 aromatic rings. The molecule has 2 N–H and O–H groups in total. The van der Waals surface area contributed by atoms with E-state index in [1.807, 2.05) is 53.1 Å². The summed E-state index contributed by atoms with van der Waals surface area (Å²) < 4.78 is 7.15. The number of anilines is 1. The number of methoxy groups -OCH3 is 1. The van der Waals surface area contributed by atoms with Gasteiger partial charge in [0, 0.05) is 11.3 Å². The number of phenols is 1. The van der Waals surface area contributed by atoms with Crippen molar-refractivity contribution >= 4 is 22.4 Å². The number of aromatic hydroxyl groups is 1. The van der Waals surface area contributed by atoms with Crippen molar-refractivity contribution in [1.82, 2.24) is 9.55 Å². The largest absolute Gasteiger partial charge is 0.504 e. The van der Waals surface area contributed by atoms with Crippen molar-refractivity contribution in [2.24, 2.45) is 0 Å². The number of nitrogens with one attached hydrogen (secondary N) is 1. The van der Waals surface area contributed by atoms with Gasteiger partial charge in [0.1, 0.15) is 12.0 Å². The van der Waals surface area contributed by atoms with E-state index in [4.69, 9.17) is 9.72 Å². The van der Waals surface area contributed by atoms with Crippen LogP contribution in [0.3, 0.4) is 0 Å². The molecule has 0 fully saturated rings. The zero-order valence-corrected chi connectivity index (χ0v) is 15.4. The predicted octanol–water partition coefficient (Wildman–Crippen LogP) is 4.30. The van der Waals surface area contributed by atoms with Crippen molar-refractivity contribution in [3.05, 3.63) is 76.3 Å². The predicted molar refractivity (Wildman–Crippen MR) is 108 cm³/mol. The van der Waals surface area contributed by atoms with Gasteiger partial charge < -0.3 is 15.2 Å². The van der Waals surface area contributed by atoms with Gasteiger partial charge in [-0.3, -0.25) is 14.7 Å². The molecule has 5 rings (SSSR count). The second kappa shape index (κ2) is 6.23. The molecule has 144 valence electrons. The first kappa shape index (κ1) is 17.1. The fourth-order valence-corrected chi connectivity index (χ4v) is 3.84. The number of imidazole rings is 1. The molecule has 0 spiro atoms. The van der Waals surface area contributed by atoms with E-state index in [9.17, 15) is 15.2 Å². The lowest BCUT2D eigenvalue weighted by atomic mass is 10.0. The molecule has 0 unspecified atom stereocenters. The van der Waals surface area contributed by atoms with Crippen LogP contribution in [0.5, 0.6) is 11.5 Å². The number of hydrogen-bond donors (Lipinski definition) is 2. The maximum absolute atomic E-state index is 11.8. The second-order valence-electron chi connectivity index (χ2n) is 6.73. The molecule has 1 atom stereocenters. The van der Waals surface area contributed by atoms with Crippen LogP contribution in [-0.4, -0.2) is 26.7 Å². The Morgan fingerprint density at radius 3 is 2.72 bits per heavy atom. The van der Waals surface area contributed by atoms with E-state index in [2.05, 4.69) is 5.32 Å². The molecule has 0 saturated heterocycles. The number of phenolic OH excluding ortho intramolecular Hbond substituents is 1. The van der Waals surface area contributed by atoms with E-state index in [-0.39, 0.29) is 17.2 Å². The molecule has 1 aliphatic rings. The second-order valence-corrected chi connectivity index (χ2v) is 6.73. The average molecular weight is 388 g/mol. The highest BCUT2D eigenvalue weighted by molar-refractivity contribution is 5.87. The Labute approximate surface area is 165 Å². The summed E-state index contributed by atoms with van der Waals surface area (Å²) >= 11 is 0. The van der Waals surface area contributed by atoms with Crippen LogP contribution in [0.25, 0.3) is 22.4 Å². The summed E-state index contributed by atoms with van der Waals surface area (Å²) in [5.41, 5.74) is 3.53. The lowest BCUT2D eigenvalue weighted by molar-refractivity contribution is -0.385. The van der Waals surface area contributed by atoms with Crippen LogP contribution in [0.15, 0.2) is 60.7 Å². The minimum atomic E-state index is -0.609. The zero-order chi connectivity index (χ0) is 20.1. The molecule has 0 aliphatic carbocycles. The van der Waals surface area contributed by atoms with Crippen molar-refractivity contribution in [2.75, 3.05) is 12.4 Å². The number of benzene rings is 3. The summed E-state index contributed by atoms with van der Waals surface area (Å²) in [4.78, 5) is 16.0. The van der Waals surface area contributed by atoms with Crippen molar-refractivity contribution in [3.63, 3.8) is 0 Å². The Bertz CT molecular complexity index is 1280. The van der Waals surface area contributed by atoms with Crippen molar-refractivity contribution in [1.29, 1.82) is 0 Å². The quantitative estimate of drug-likeness (QED) is 0.401. The average Bonchev–Trinajstić information content (AvgIpc) is 3.13. The Balaban J connectivity index is 1.84. The molecule has 0 saturated carbocycles. The van der Waals surface area contributed by atoms with Gasteiger partial charge in [-0.05, 0) is 30.3 Å². The summed E-state index contributed by atoms with van der Waals surface area (Å²) in [6, 6.07) is 18.0. The van der Waals surface area contributed by atoms with E-state index in [0.29, 0.717) is 11.4 Å². The van der Waals surface area contributed by atoms with Crippen LogP contribution < -0.4 is 10.1 Å². The molecule has 0 bridgehead atoms. The molecular weight excluding hydrogens is 372 g/mol. The number of nitrogens with zero attached hydrogens (tertiary/aromatic N) is 3. The van der Waals surface area contributed by atoms with E-state index in [0.717, 1.165) is 28.4 Å². The SMILES string of the molecule is COc1cc([C@H]2Nc3ccccc3-c3nc4ccccc4n32)c([N+](=O)[O-])cc1O. The maximum Gasteiger partial charge on any atom is 0.280 e. The van der Waals surface area contributed by atoms with Crippen molar-refractivity contribution < 1.29 is 14.8 Å². The minimum absolute atomic E-state index is 0.164. The summed E-state index contributed by atoms with van der Waals surface area (Å²) in [5.74, 6) is 0.596. The fourth-order valence-electron chi connectivity index (χ4n) is 3.84. The summed E-state index contributed by atoms with van der Waals surface area (Å²) in [6.07, 6.45) is -0.609. The molecule has 8 heteroatoms. The van der Waals surface area contributed by atoms with Crippen LogP contribution in [0, 0.1) is 10.1 Å². The highest BCUT2D eigenvalue weighted by Crippen LogP contribution is 2.44. The third-order valence-corrected chi connectivity index (χ3v) is 5.13. The smallest absolute Gasteiger partial charge is 0.280 e. The Kier molecular flexibility index (Phi) is 3.67. The van der Waals surface area contributed by atoms with E-state index >= 15 is 0 Å². The first-order chi connectivity index (χ1) is 14.1. The maximum atomic E-state index is 11.8. The fraction of sp³-hybridized carbons (Fsp3) is 0.0952. The summed E-state index contributed by atoms with van der Waals surface area (Å²) in [5, 5.41) is 25.3. The number of fused-ring (bicyclic) bond motifs is 5. The lowest BCUT2D eigenvalue weighted by Gasteiger charge is -2.30. The monoisotopic (exact) mass is 388 g/mol. The van der Waals surface area contributed by atoms with Gasteiger partial charge in [-0.25, -0.2) is 4.98 Å². The van der Waals surface area contributed by atoms with Crippen LogP contribution in [0.4, 0.5) is 11.4 Å². The first-order valence-electron chi connectivity index (χ1n) is 8.96. The van der Waals surface area contributed by atoms with Crippen LogP contribution >= 0.6 is 0 Å². The molecular formula is C21H16N4O4. The topological polar surface area (TPSA) is 102 Å². The van der Waals surface area contributed by atoms with Gasteiger partial charge in [-0.1, -0.05) is 24.3 Å². The van der Waals surface area contributed by atoms with Gasteiger partial charge in [0.15, 0.2) is 11.5 Å².